The normalized spacial score (nSPS) is 31.0. The van der Waals surface area contributed by atoms with Crippen LogP contribution in [0.4, 0.5) is 0 Å². The molecule has 0 aliphatic carbocycles. The maximum Gasteiger partial charge on any atom is 0.319 e. The number of fused-ring (bicyclic) bond motifs is 3. The molecule has 2 atom stereocenters. The Morgan fingerprint density at radius 2 is 1.92 bits per heavy atom. The summed E-state index contributed by atoms with van der Waals surface area (Å²) in [5, 5.41) is 10.0. The number of nitrogens with zero attached hydrogens (tertiary/aromatic N) is 1. The van der Waals surface area contributed by atoms with Crippen LogP contribution in [0.5, 0.6) is 0 Å². The smallest absolute Gasteiger partial charge is 0.319 e. The molecule has 1 aromatic carbocycles. The van der Waals surface area contributed by atoms with Crippen molar-refractivity contribution in [1.29, 1.82) is 0 Å². The molecule has 3 heterocycles. The molecule has 4 rings (SSSR count). The van der Waals surface area contributed by atoms with Gasteiger partial charge in [-0.1, -0.05) is 37.3 Å². The van der Waals surface area contributed by atoms with Gasteiger partial charge >= 0.3 is 5.97 Å². The lowest BCUT2D eigenvalue weighted by atomic mass is 9.78. The number of aliphatic hydroxyl groups is 1. The molecule has 5 heteroatoms. The summed E-state index contributed by atoms with van der Waals surface area (Å²) in [7, 11) is 2.26. The lowest BCUT2D eigenvalue weighted by molar-refractivity contribution is -0.928. The van der Waals surface area contributed by atoms with Gasteiger partial charge in [0.25, 0.3) is 0 Å². The summed E-state index contributed by atoms with van der Waals surface area (Å²) in [6.45, 7) is 5.02. The topological polar surface area (TPSA) is 46.5 Å². The molecule has 3 aliphatic heterocycles. The fraction of sp³-hybridized carbons (Fsp3) is 0.632. The maximum atomic E-state index is 13.0. The predicted octanol–water partition coefficient (Wildman–Crippen LogP) is -0.887. The number of rotatable bonds is 5. The van der Waals surface area contributed by atoms with E-state index in [1.54, 1.807) is 0 Å². The fourth-order valence-electron chi connectivity index (χ4n) is 4.22. The molecule has 0 saturated carbocycles. The lowest BCUT2D eigenvalue weighted by Crippen LogP contribution is -3.00. The third kappa shape index (κ3) is 3.32. The van der Waals surface area contributed by atoms with Crippen molar-refractivity contribution in [2.24, 2.45) is 5.92 Å². The number of quaternary nitrogens is 1. The molecule has 3 fully saturated rings. The monoisotopic (exact) mass is 353 g/mol. The number of benzene rings is 1. The van der Waals surface area contributed by atoms with Crippen molar-refractivity contribution in [3.8, 4) is 0 Å². The minimum atomic E-state index is -0.939. The van der Waals surface area contributed by atoms with E-state index in [1.807, 2.05) is 37.3 Å². The first kappa shape index (κ1) is 19.2. The van der Waals surface area contributed by atoms with Crippen LogP contribution in [-0.4, -0.2) is 55.0 Å². The van der Waals surface area contributed by atoms with Gasteiger partial charge in [-0.25, -0.2) is 0 Å². The Hall–Kier alpha value is -1.10. The summed E-state index contributed by atoms with van der Waals surface area (Å²) in [4.78, 5) is 13.0. The van der Waals surface area contributed by atoms with Crippen LogP contribution in [0.25, 0.3) is 0 Å². The summed E-state index contributed by atoms with van der Waals surface area (Å²) >= 11 is 0. The van der Waals surface area contributed by atoms with Gasteiger partial charge < -0.3 is 26.7 Å². The van der Waals surface area contributed by atoms with Crippen molar-refractivity contribution in [2.75, 3.05) is 33.3 Å². The van der Waals surface area contributed by atoms with Gasteiger partial charge in [-0.2, -0.15) is 0 Å². The average molecular weight is 354 g/mol. The van der Waals surface area contributed by atoms with E-state index in [-0.39, 0.29) is 31.1 Å². The highest BCUT2D eigenvalue weighted by Crippen LogP contribution is 2.36. The molecule has 1 aromatic rings. The second-order valence-electron chi connectivity index (χ2n) is 7.49. The van der Waals surface area contributed by atoms with Crippen molar-refractivity contribution in [1.82, 2.24) is 0 Å². The third-order valence-corrected chi connectivity index (χ3v) is 6.07. The molecule has 2 unspecified atom stereocenters. The van der Waals surface area contributed by atoms with Crippen LogP contribution in [-0.2, 0) is 14.9 Å². The Kier molecular flexibility index (Phi) is 5.95. The van der Waals surface area contributed by atoms with E-state index in [9.17, 15) is 9.90 Å². The number of hydrogen-bond donors (Lipinski definition) is 1. The standard InChI is InChI=1S/C19H28NO3.ClH/c1-3-19(14-21,16-7-5-4-6-8-16)18(22)23-17-13-20(2)11-9-15(17)10-12-20;/h4-8,15,17,21H,3,9-14H2,1-2H3;1H/q+1;/p-1. The van der Waals surface area contributed by atoms with Crippen molar-refractivity contribution in [3.63, 3.8) is 0 Å². The molecular formula is C19H28ClNO3. The van der Waals surface area contributed by atoms with Gasteiger partial charge in [0.2, 0.25) is 0 Å². The molecule has 3 aliphatic rings. The molecule has 24 heavy (non-hydrogen) atoms. The SMILES string of the molecule is CCC(CO)(C(=O)OC1C[N+]2(C)CCC1CC2)c1ccccc1.[Cl-]. The molecule has 1 N–H and O–H groups in total. The number of carbonyl (C=O) groups excluding carboxylic acids is 1. The Morgan fingerprint density at radius 3 is 2.42 bits per heavy atom. The third-order valence-electron chi connectivity index (χ3n) is 6.07. The van der Waals surface area contributed by atoms with Gasteiger partial charge in [0, 0.05) is 18.8 Å². The van der Waals surface area contributed by atoms with Crippen LogP contribution in [0.1, 0.15) is 31.7 Å². The molecule has 0 radical (unpaired) electrons. The quantitative estimate of drug-likeness (QED) is 0.552. The van der Waals surface area contributed by atoms with Gasteiger partial charge in [-0.15, -0.1) is 0 Å². The summed E-state index contributed by atoms with van der Waals surface area (Å²) < 4.78 is 6.99. The zero-order valence-corrected chi connectivity index (χ0v) is 15.3. The van der Waals surface area contributed by atoms with Crippen molar-refractivity contribution < 1.29 is 31.5 Å². The zero-order valence-electron chi connectivity index (χ0n) is 14.6. The number of aliphatic hydroxyl groups excluding tert-OH is 1. The van der Waals surface area contributed by atoms with Crippen molar-refractivity contribution in [3.05, 3.63) is 35.9 Å². The van der Waals surface area contributed by atoms with Crippen LogP contribution < -0.4 is 12.4 Å². The zero-order chi connectivity index (χ0) is 16.5. The van der Waals surface area contributed by atoms with Crippen molar-refractivity contribution in [2.45, 2.75) is 37.7 Å². The Bertz CT molecular complexity index is 551. The van der Waals surface area contributed by atoms with Crippen LogP contribution in [0.3, 0.4) is 0 Å². The van der Waals surface area contributed by atoms with Gasteiger partial charge in [-0.3, -0.25) is 4.79 Å². The number of piperidine rings is 3. The van der Waals surface area contributed by atoms with E-state index in [0.717, 1.165) is 29.4 Å². The van der Waals surface area contributed by atoms with Gasteiger partial charge in [0.1, 0.15) is 12.0 Å². The highest BCUT2D eigenvalue weighted by Gasteiger charge is 2.48. The molecule has 0 amide bonds. The first-order chi connectivity index (χ1) is 11.0. The number of ether oxygens (including phenoxy) is 1. The second kappa shape index (κ2) is 7.42. The predicted molar refractivity (Wildman–Crippen MR) is 88.9 cm³/mol. The summed E-state index contributed by atoms with van der Waals surface area (Å²) in [6.07, 6.45) is 2.81. The van der Waals surface area contributed by atoms with E-state index in [4.69, 9.17) is 4.74 Å². The Labute approximate surface area is 150 Å². The lowest BCUT2D eigenvalue weighted by Gasteiger charge is -2.50. The average Bonchev–Trinajstić information content (AvgIpc) is 2.57. The largest absolute Gasteiger partial charge is 1.00 e. The molecule has 4 nitrogen and oxygen atoms in total. The van der Waals surface area contributed by atoms with Gasteiger partial charge in [0.15, 0.2) is 6.10 Å². The van der Waals surface area contributed by atoms with E-state index < -0.39 is 5.41 Å². The first-order valence-electron chi connectivity index (χ1n) is 8.74. The van der Waals surface area contributed by atoms with E-state index in [0.29, 0.717) is 12.3 Å². The van der Waals surface area contributed by atoms with E-state index in [2.05, 4.69) is 7.05 Å². The molecule has 2 bridgehead atoms. The summed E-state index contributed by atoms with van der Waals surface area (Å²) in [6, 6.07) is 9.55. The molecule has 134 valence electrons. The highest BCUT2D eigenvalue weighted by molar-refractivity contribution is 5.83. The van der Waals surface area contributed by atoms with E-state index in [1.165, 1.54) is 13.1 Å². The maximum absolute atomic E-state index is 13.0. The Morgan fingerprint density at radius 1 is 1.29 bits per heavy atom. The highest BCUT2D eigenvalue weighted by atomic mass is 35.5. The number of halogens is 1. The number of esters is 1. The summed E-state index contributed by atoms with van der Waals surface area (Å²) in [5.74, 6) is 0.224. The van der Waals surface area contributed by atoms with Crippen LogP contribution >= 0.6 is 0 Å². The van der Waals surface area contributed by atoms with E-state index >= 15 is 0 Å². The van der Waals surface area contributed by atoms with Crippen LogP contribution in [0.2, 0.25) is 0 Å². The number of carbonyl (C=O) groups is 1. The number of hydrogen-bond acceptors (Lipinski definition) is 3. The van der Waals surface area contributed by atoms with Crippen molar-refractivity contribution >= 4 is 5.97 Å². The molecule has 0 aromatic heterocycles. The molecular weight excluding hydrogens is 326 g/mol. The van der Waals surface area contributed by atoms with Crippen LogP contribution in [0.15, 0.2) is 30.3 Å². The number of likely N-dealkylation sites (N-methyl/N-ethyl adjacent to an activating group) is 1. The van der Waals surface area contributed by atoms with Crippen LogP contribution in [0, 0.1) is 5.92 Å². The minimum Gasteiger partial charge on any atom is -1.00 e. The second-order valence-corrected chi connectivity index (χ2v) is 7.49. The van der Waals surface area contributed by atoms with Gasteiger partial charge in [0.05, 0.1) is 26.7 Å². The summed E-state index contributed by atoms with van der Waals surface area (Å²) in [5.41, 5.74) is -0.0945. The first-order valence-corrected chi connectivity index (χ1v) is 8.74. The fourth-order valence-corrected chi connectivity index (χ4v) is 4.22. The minimum absolute atomic E-state index is 0. The molecule has 3 saturated heterocycles. The van der Waals surface area contributed by atoms with Gasteiger partial charge in [-0.05, 0) is 12.0 Å². The molecule has 0 spiro atoms. The Balaban J connectivity index is 0.00000208.